The number of rotatable bonds is 6. The van der Waals surface area contributed by atoms with Crippen molar-refractivity contribution in [3.05, 3.63) is 60.2 Å². The molecule has 0 spiro atoms. The number of carbonyl (C=O) groups excluding carboxylic acids is 2. The molecule has 0 aliphatic carbocycles. The van der Waals surface area contributed by atoms with E-state index in [0.717, 1.165) is 5.69 Å². The van der Waals surface area contributed by atoms with Crippen molar-refractivity contribution >= 4 is 17.5 Å². The van der Waals surface area contributed by atoms with E-state index in [-0.39, 0.29) is 11.8 Å². The summed E-state index contributed by atoms with van der Waals surface area (Å²) in [7, 11) is 1.53. The molecular weight excluding hydrogens is 292 g/mol. The molecule has 2 aromatic carbocycles. The molecule has 0 atom stereocenters. The van der Waals surface area contributed by atoms with E-state index < -0.39 is 0 Å². The number of nitrogens with zero attached hydrogens (tertiary/aromatic N) is 1. The zero-order valence-electron chi connectivity index (χ0n) is 13.3. The summed E-state index contributed by atoms with van der Waals surface area (Å²) in [6.07, 6.45) is 0. The quantitative estimate of drug-likeness (QED) is 0.891. The molecule has 2 aromatic rings. The number of anilines is 1. The van der Waals surface area contributed by atoms with Crippen LogP contribution in [0.1, 0.15) is 17.3 Å². The standard InChI is InChI=1S/C18H20N2O3/c1-14(21)20(15-8-4-3-5-9-15)13-12-19-18(22)16-10-6-7-11-17(16)23-2/h3-11H,12-13H2,1-2H3,(H,19,22). The molecule has 0 aromatic heterocycles. The van der Waals surface area contributed by atoms with Crippen molar-refractivity contribution in [2.45, 2.75) is 6.92 Å². The molecule has 0 fully saturated rings. The Hall–Kier alpha value is -2.82. The fourth-order valence-corrected chi connectivity index (χ4v) is 2.28. The smallest absolute Gasteiger partial charge is 0.255 e. The van der Waals surface area contributed by atoms with Crippen molar-refractivity contribution in [3.63, 3.8) is 0 Å². The first-order valence-electron chi connectivity index (χ1n) is 7.38. The van der Waals surface area contributed by atoms with Crippen LogP contribution in [0.15, 0.2) is 54.6 Å². The Kier molecular flexibility index (Phi) is 5.74. The van der Waals surface area contributed by atoms with Gasteiger partial charge in [-0.3, -0.25) is 9.59 Å². The Balaban J connectivity index is 1.97. The highest BCUT2D eigenvalue weighted by molar-refractivity contribution is 5.97. The first kappa shape index (κ1) is 16.5. The van der Waals surface area contributed by atoms with Crippen molar-refractivity contribution in [2.24, 2.45) is 0 Å². The summed E-state index contributed by atoms with van der Waals surface area (Å²) in [6.45, 7) is 2.26. The number of para-hydroxylation sites is 2. The monoisotopic (exact) mass is 312 g/mol. The highest BCUT2D eigenvalue weighted by Crippen LogP contribution is 2.17. The van der Waals surface area contributed by atoms with Crippen LogP contribution in [-0.2, 0) is 4.79 Å². The average Bonchev–Trinajstić information content (AvgIpc) is 2.58. The Bertz CT molecular complexity index is 671. The van der Waals surface area contributed by atoms with Crippen LogP contribution >= 0.6 is 0 Å². The number of benzene rings is 2. The second-order valence-electron chi connectivity index (χ2n) is 4.96. The normalized spacial score (nSPS) is 10.0. The maximum absolute atomic E-state index is 12.2. The van der Waals surface area contributed by atoms with Gasteiger partial charge in [-0.25, -0.2) is 0 Å². The lowest BCUT2D eigenvalue weighted by Gasteiger charge is -2.21. The van der Waals surface area contributed by atoms with Crippen LogP contribution in [0.25, 0.3) is 0 Å². The number of hydrogen-bond donors (Lipinski definition) is 1. The third kappa shape index (κ3) is 4.32. The van der Waals surface area contributed by atoms with Crippen LogP contribution in [0.5, 0.6) is 5.75 Å². The minimum atomic E-state index is -0.223. The maximum atomic E-state index is 12.2. The molecule has 0 radical (unpaired) electrons. The summed E-state index contributed by atoms with van der Waals surface area (Å²) in [5, 5.41) is 2.82. The topological polar surface area (TPSA) is 58.6 Å². The summed E-state index contributed by atoms with van der Waals surface area (Å²) in [4.78, 5) is 25.6. The number of ether oxygens (including phenoxy) is 1. The molecule has 5 nitrogen and oxygen atoms in total. The van der Waals surface area contributed by atoms with E-state index in [1.807, 2.05) is 36.4 Å². The zero-order valence-corrected chi connectivity index (χ0v) is 13.3. The van der Waals surface area contributed by atoms with Gasteiger partial charge < -0.3 is 15.0 Å². The molecule has 2 amide bonds. The van der Waals surface area contributed by atoms with E-state index in [1.165, 1.54) is 14.0 Å². The summed E-state index contributed by atoms with van der Waals surface area (Å²) in [5.74, 6) is 0.234. The lowest BCUT2D eigenvalue weighted by atomic mass is 10.2. The average molecular weight is 312 g/mol. The van der Waals surface area contributed by atoms with Gasteiger partial charge in [0, 0.05) is 25.7 Å². The molecule has 23 heavy (non-hydrogen) atoms. The molecule has 0 aliphatic heterocycles. The van der Waals surface area contributed by atoms with Gasteiger partial charge in [0.2, 0.25) is 5.91 Å². The zero-order chi connectivity index (χ0) is 16.7. The Morgan fingerprint density at radius 3 is 2.35 bits per heavy atom. The lowest BCUT2D eigenvalue weighted by molar-refractivity contribution is -0.116. The Morgan fingerprint density at radius 2 is 1.70 bits per heavy atom. The van der Waals surface area contributed by atoms with Gasteiger partial charge in [-0.1, -0.05) is 30.3 Å². The third-order valence-corrected chi connectivity index (χ3v) is 3.42. The van der Waals surface area contributed by atoms with Gasteiger partial charge in [-0.05, 0) is 24.3 Å². The van der Waals surface area contributed by atoms with Gasteiger partial charge >= 0.3 is 0 Å². The molecule has 1 N–H and O–H groups in total. The molecule has 0 bridgehead atoms. The van der Waals surface area contributed by atoms with Crippen molar-refractivity contribution in [1.82, 2.24) is 5.32 Å². The summed E-state index contributed by atoms with van der Waals surface area (Å²) in [6, 6.07) is 16.4. The highest BCUT2D eigenvalue weighted by atomic mass is 16.5. The molecule has 0 unspecified atom stereocenters. The lowest BCUT2D eigenvalue weighted by Crippen LogP contribution is -2.37. The van der Waals surface area contributed by atoms with Gasteiger partial charge in [0.25, 0.3) is 5.91 Å². The van der Waals surface area contributed by atoms with Crippen LogP contribution in [-0.4, -0.2) is 32.0 Å². The molecule has 0 aliphatic rings. The van der Waals surface area contributed by atoms with E-state index >= 15 is 0 Å². The molecule has 120 valence electrons. The predicted octanol–water partition coefficient (Wildman–Crippen LogP) is 2.48. The Morgan fingerprint density at radius 1 is 1.04 bits per heavy atom. The second kappa shape index (κ2) is 7.98. The SMILES string of the molecule is COc1ccccc1C(=O)NCCN(C(C)=O)c1ccccc1. The highest BCUT2D eigenvalue weighted by Gasteiger charge is 2.13. The van der Waals surface area contributed by atoms with Gasteiger partial charge in [0.1, 0.15) is 5.75 Å². The number of methoxy groups -OCH3 is 1. The summed E-state index contributed by atoms with van der Waals surface area (Å²) in [5.41, 5.74) is 1.29. The molecule has 0 saturated heterocycles. The minimum absolute atomic E-state index is 0.0669. The molecular formula is C18H20N2O3. The number of nitrogens with one attached hydrogen (secondary N) is 1. The van der Waals surface area contributed by atoms with Crippen LogP contribution in [0.4, 0.5) is 5.69 Å². The van der Waals surface area contributed by atoms with Gasteiger partial charge in [-0.2, -0.15) is 0 Å². The number of hydrogen-bond acceptors (Lipinski definition) is 3. The van der Waals surface area contributed by atoms with Crippen LogP contribution in [0, 0.1) is 0 Å². The molecule has 0 heterocycles. The van der Waals surface area contributed by atoms with E-state index in [2.05, 4.69) is 5.32 Å². The minimum Gasteiger partial charge on any atom is -0.496 e. The van der Waals surface area contributed by atoms with Crippen LogP contribution < -0.4 is 15.0 Å². The first-order chi connectivity index (χ1) is 11.1. The maximum Gasteiger partial charge on any atom is 0.255 e. The molecule has 0 saturated carbocycles. The Labute approximate surface area is 135 Å². The van der Waals surface area contributed by atoms with Crippen molar-refractivity contribution in [3.8, 4) is 5.75 Å². The van der Waals surface area contributed by atoms with Crippen LogP contribution in [0.2, 0.25) is 0 Å². The third-order valence-electron chi connectivity index (χ3n) is 3.42. The largest absolute Gasteiger partial charge is 0.496 e. The number of amides is 2. The second-order valence-corrected chi connectivity index (χ2v) is 4.96. The molecule has 2 rings (SSSR count). The van der Waals surface area contributed by atoms with Gasteiger partial charge in [0.15, 0.2) is 0 Å². The van der Waals surface area contributed by atoms with Gasteiger partial charge in [-0.15, -0.1) is 0 Å². The summed E-state index contributed by atoms with van der Waals surface area (Å²) >= 11 is 0. The van der Waals surface area contributed by atoms with Crippen molar-refractivity contribution in [2.75, 3.05) is 25.1 Å². The summed E-state index contributed by atoms with van der Waals surface area (Å²) < 4.78 is 5.18. The van der Waals surface area contributed by atoms with E-state index in [9.17, 15) is 9.59 Å². The predicted molar refractivity (Wildman–Crippen MR) is 89.8 cm³/mol. The first-order valence-corrected chi connectivity index (χ1v) is 7.38. The van der Waals surface area contributed by atoms with Crippen molar-refractivity contribution < 1.29 is 14.3 Å². The van der Waals surface area contributed by atoms with Crippen LogP contribution in [0.3, 0.4) is 0 Å². The van der Waals surface area contributed by atoms with E-state index in [0.29, 0.717) is 24.4 Å². The van der Waals surface area contributed by atoms with Gasteiger partial charge in [0.05, 0.1) is 12.7 Å². The van der Waals surface area contributed by atoms with Crippen molar-refractivity contribution in [1.29, 1.82) is 0 Å². The fourth-order valence-electron chi connectivity index (χ4n) is 2.28. The van der Waals surface area contributed by atoms with E-state index in [1.54, 1.807) is 23.1 Å². The van der Waals surface area contributed by atoms with E-state index in [4.69, 9.17) is 4.74 Å². The number of carbonyl (C=O) groups is 2. The fraction of sp³-hybridized carbons (Fsp3) is 0.222. The molecule has 5 heteroatoms.